The zero-order valence-electron chi connectivity index (χ0n) is 10.8. The molecule has 0 aromatic carbocycles. The molecule has 2 unspecified atom stereocenters. The van der Waals surface area contributed by atoms with Crippen molar-refractivity contribution in [3.63, 3.8) is 0 Å². The Morgan fingerprint density at radius 2 is 1.94 bits per heavy atom. The molecule has 17 heavy (non-hydrogen) atoms. The number of aromatic nitrogens is 2. The van der Waals surface area contributed by atoms with Crippen LogP contribution in [0.4, 0.5) is 0 Å². The predicted octanol–water partition coefficient (Wildman–Crippen LogP) is 3.36. The number of hydrogen-bond donors (Lipinski definition) is 0. The zero-order valence-corrected chi connectivity index (χ0v) is 11.6. The Balaban J connectivity index is 2.14. The molecule has 1 aliphatic rings. The standard InChI is InChI=1S/C13H20N2OS/c1-4-11-13(17-15-14-11)12(16)10-6-8(2)5-9(3)7-10/h8-10H,4-7H2,1-3H3. The van der Waals surface area contributed by atoms with Gasteiger partial charge in [-0.05, 0) is 49.1 Å². The second kappa shape index (κ2) is 5.25. The highest BCUT2D eigenvalue weighted by molar-refractivity contribution is 7.08. The Morgan fingerprint density at radius 3 is 2.53 bits per heavy atom. The van der Waals surface area contributed by atoms with Crippen LogP contribution in [0.25, 0.3) is 0 Å². The third-order valence-corrected chi connectivity index (χ3v) is 4.45. The minimum absolute atomic E-state index is 0.196. The van der Waals surface area contributed by atoms with E-state index >= 15 is 0 Å². The van der Waals surface area contributed by atoms with Gasteiger partial charge in [0.2, 0.25) is 0 Å². The molecule has 0 N–H and O–H groups in total. The number of carbonyl (C=O) groups excluding carboxylic acids is 1. The van der Waals surface area contributed by atoms with Crippen molar-refractivity contribution < 1.29 is 4.79 Å². The Morgan fingerprint density at radius 1 is 1.29 bits per heavy atom. The molecule has 0 aliphatic heterocycles. The molecule has 0 saturated heterocycles. The van der Waals surface area contributed by atoms with Gasteiger partial charge in [-0.1, -0.05) is 25.3 Å². The summed E-state index contributed by atoms with van der Waals surface area (Å²) in [6, 6.07) is 0. The molecule has 1 fully saturated rings. The lowest BCUT2D eigenvalue weighted by Gasteiger charge is -2.30. The molecule has 1 aromatic rings. The maximum absolute atomic E-state index is 12.5. The SMILES string of the molecule is CCc1nnsc1C(=O)C1CC(C)CC(C)C1. The molecular formula is C13H20N2OS. The largest absolute Gasteiger partial charge is 0.293 e. The fourth-order valence-corrected chi connectivity index (χ4v) is 3.74. The van der Waals surface area contributed by atoms with E-state index < -0.39 is 0 Å². The van der Waals surface area contributed by atoms with Gasteiger partial charge in [-0.3, -0.25) is 4.79 Å². The number of aryl methyl sites for hydroxylation is 1. The normalized spacial score (nSPS) is 29.2. The molecular weight excluding hydrogens is 232 g/mol. The van der Waals surface area contributed by atoms with E-state index in [0.29, 0.717) is 11.8 Å². The minimum atomic E-state index is 0.196. The van der Waals surface area contributed by atoms with E-state index in [9.17, 15) is 4.79 Å². The van der Waals surface area contributed by atoms with Crippen LogP contribution >= 0.6 is 11.5 Å². The van der Waals surface area contributed by atoms with Crippen LogP contribution < -0.4 is 0 Å². The third-order valence-electron chi connectivity index (χ3n) is 3.66. The molecule has 1 aliphatic carbocycles. The molecule has 2 rings (SSSR count). The van der Waals surface area contributed by atoms with E-state index in [1.807, 2.05) is 6.92 Å². The third kappa shape index (κ3) is 2.73. The van der Waals surface area contributed by atoms with Crippen LogP contribution in [0.15, 0.2) is 0 Å². The Labute approximate surface area is 107 Å². The summed E-state index contributed by atoms with van der Waals surface area (Å²) in [7, 11) is 0. The molecule has 2 atom stereocenters. The van der Waals surface area contributed by atoms with Gasteiger partial charge in [0, 0.05) is 5.92 Å². The first-order chi connectivity index (χ1) is 8.11. The van der Waals surface area contributed by atoms with E-state index in [-0.39, 0.29) is 11.7 Å². The first-order valence-electron chi connectivity index (χ1n) is 6.47. The van der Waals surface area contributed by atoms with Crippen molar-refractivity contribution in [1.29, 1.82) is 0 Å². The lowest BCUT2D eigenvalue weighted by Crippen LogP contribution is -2.26. The molecule has 1 saturated carbocycles. The lowest BCUT2D eigenvalue weighted by molar-refractivity contribution is 0.0839. The molecule has 3 nitrogen and oxygen atoms in total. The Kier molecular flexibility index (Phi) is 3.92. The Hall–Kier alpha value is -0.770. The maximum atomic E-state index is 12.5. The van der Waals surface area contributed by atoms with Gasteiger partial charge in [-0.15, -0.1) is 5.10 Å². The highest BCUT2D eigenvalue weighted by Crippen LogP contribution is 2.35. The van der Waals surface area contributed by atoms with Crippen molar-refractivity contribution in [2.24, 2.45) is 17.8 Å². The summed E-state index contributed by atoms with van der Waals surface area (Å²) in [5.74, 6) is 1.81. The fraction of sp³-hybridized carbons (Fsp3) is 0.769. The van der Waals surface area contributed by atoms with Crippen LogP contribution in [-0.4, -0.2) is 15.4 Å². The second-order valence-corrected chi connectivity index (χ2v) is 6.14. The molecule has 94 valence electrons. The molecule has 0 radical (unpaired) electrons. The van der Waals surface area contributed by atoms with Crippen molar-refractivity contribution in [2.75, 3.05) is 0 Å². The van der Waals surface area contributed by atoms with Crippen molar-refractivity contribution in [3.8, 4) is 0 Å². The summed E-state index contributed by atoms with van der Waals surface area (Å²) in [6.45, 7) is 6.53. The van der Waals surface area contributed by atoms with Crippen LogP contribution in [0.5, 0.6) is 0 Å². The highest BCUT2D eigenvalue weighted by atomic mass is 32.1. The van der Waals surface area contributed by atoms with Crippen LogP contribution in [0, 0.1) is 17.8 Å². The molecule has 1 heterocycles. The topological polar surface area (TPSA) is 42.9 Å². The number of nitrogens with zero attached hydrogens (tertiary/aromatic N) is 2. The van der Waals surface area contributed by atoms with Crippen molar-refractivity contribution in [3.05, 3.63) is 10.6 Å². The molecule has 0 spiro atoms. The average Bonchev–Trinajstić information content (AvgIpc) is 2.74. The monoisotopic (exact) mass is 252 g/mol. The van der Waals surface area contributed by atoms with E-state index in [1.165, 1.54) is 18.0 Å². The number of Topliss-reactive ketones (excluding diaryl/α,β-unsaturated/α-hetero) is 1. The summed E-state index contributed by atoms with van der Waals surface area (Å²) in [5.41, 5.74) is 0.880. The number of hydrogen-bond acceptors (Lipinski definition) is 4. The van der Waals surface area contributed by atoms with E-state index in [4.69, 9.17) is 0 Å². The first-order valence-corrected chi connectivity index (χ1v) is 7.24. The van der Waals surface area contributed by atoms with Gasteiger partial charge in [0.25, 0.3) is 0 Å². The minimum Gasteiger partial charge on any atom is -0.293 e. The van der Waals surface area contributed by atoms with Gasteiger partial charge in [-0.25, -0.2) is 0 Å². The van der Waals surface area contributed by atoms with Crippen LogP contribution in [0.3, 0.4) is 0 Å². The van der Waals surface area contributed by atoms with Gasteiger partial charge < -0.3 is 0 Å². The van der Waals surface area contributed by atoms with Crippen molar-refractivity contribution >= 4 is 17.3 Å². The van der Waals surface area contributed by atoms with E-state index in [0.717, 1.165) is 29.8 Å². The summed E-state index contributed by atoms with van der Waals surface area (Å²) < 4.78 is 3.92. The molecule has 0 bridgehead atoms. The quantitative estimate of drug-likeness (QED) is 0.775. The zero-order chi connectivity index (χ0) is 12.4. The number of rotatable bonds is 3. The second-order valence-electron chi connectivity index (χ2n) is 5.38. The highest BCUT2D eigenvalue weighted by Gasteiger charge is 2.31. The molecule has 0 amide bonds. The summed E-state index contributed by atoms with van der Waals surface area (Å²) >= 11 is 1.27. The van der Waals surface area contributed by atoms with Gasteiger partial charge >= 0.3 is 0 Å². The maximum Gasteiger partial charge on any atom is 0.179 e. The number of ketones is 1. The summed E-state index contributed by atoms with van der Waals surface area (Å²) in [4.78, 5) is 13.3. The fourth-order valence-electron chi connectivity index (χ4n) is 2.97. The summed E-state index contributed by atoms with van der Waals surface area (Å²) in [5, 5.41) is 4.04. The summed E-state index contributed by atoms with van der Waals surface area (Å²) in [6.07, 6.45) is 4.12. The smallest absolute Gasteiger partial charge is 0.179 e. The number of carbonyl (C=O) groups is 1. The molecule has 4 heteroatoms. The average molecular weight is 252 g/mol. The van der Waals surface area contributed by atoms with Crippen LogP contribution in [0.1, 0.15) is 55.4 Å². The van der Waals surface area contributed by atoms with Crippen LogP contribution in [-0.2, 0) is 6.42 Å². The van der Waals surface area contributed by atoms with Crippen molar-refractivity contribution in [2.45, 2.75) is 46.5 Å². The van der Waals surface area contributed by atoms with Gasteiger partial charge in [0.1, 0.15) is 4.88 Å². The first kappa shape index (κ1) is 12.7. The van der Waals surface area contributed by atoms with Gasteiger partial charge in [-0.2, -0.15) is 0 Å². The molecule has 1 aromatic heterocycles. The van der Waals surface area contributed by atoms with Gasteiger partial charge in [0.15, 0.2) is 5.78 Å². The van der Waals surface area contributed by atoms with Gasteiger partial charge in [0.05, 0.1) is 5.69 Å². The van der Waals surface area contributed by atoms with Crippen molar-refractivity contribution in [1.82, 2.24) is 9.59 Å². The van der Waals surface area contributed by atoms with Crippen LogP contribution in [0.2, 0.25) is 0 Å². The van der Waals surface area contributed by atoms with E-state index in [2.05, 4.69) is 23.4 Å². The Bertz CT molecular complexity index is 392. The predicted molar refractivity (Wildman–Crippen MR) is 69.3 cm³/mol. The lowest BCUT2D eigenvalue weighted by atomic mass is 9.75. The van der Waals surface area contributed by atoms with E-state index in [1.54, 1.807) is 0 Å².